The van der Waals surface area contributed by atoms with Crippen LogP contribution in [0, 0.1) is 0 Å². The molecule has 1 aromatic heterocycles. The molecule has 1 heterocycles. The van der Waals surface area contributed by atoms with Gasteiger partial charge >= 0.3 is 0 Å². The Hall–Kier alpha value is -2.68. The number of anilines is 1. The van der Waals surface area contributed by atoms with Gasteiger partial charge in [-0.15, -0.1) is 5.10 Å². The van der Waals surface area contributed by atoms with Gasteiger partial charge in [0.25, 0.3) is 0 Å². The standard InChI is InChI=1S/C18H17N3/c1-19-18-13-16(15-10-6-3-7-11-15)17(20-21-18)12-14-8-4-2-5-9-14/h2-11,13H,12H2,1H3,(H,19,21). The molecular formula is C18H17N3. The number of hydrogen-bond acceptors (Lipinski definition) is 3. The lowest BCUT2D eigenvalue weighted by atomic mass is 10.00. The van der Waals surface area contributed by atoms with Crippen LogP contribution in [-0.2, 0) is 6.42 Å². The van der Waals surface area contributed by atoms with E-state index >= 15 is 0 Å². The van der Waals surface area contributed by atoms with E-state index in [0.717, 1.165) is 29.1 Å². The number of nitrogens with one attached hydrogen (secondary N) is 1. The van der Waals surface area contributed by atoms with Crippen molar-refractivity contribution in [3.8, 4) is 11.1 Å². The number of rotatable bonds is 4. The molecule has 0 aliphatic heterocycles. The molecular weight excluding hydrogens is 258 g/mol. The van der Waals surface area contributed by atoms with Crippen LogP contribution < -0.4 is 5.32 Å². The van der Waals surface area contributed by atoms with Gasteiger partial charge in [0.05, 0.1) is 5.69 Å². The summed E-state index contributed by atoms with van der Waals surface area (Å²) in [5.41, 5.74) is 4.52. The lowest BCUT2D eigenvalue weighted by molar-refractivity contribution is 0.942. The SMILES string of the molecule is CNc1cc(-c2ccccc2)c(Cc2ccccc2)nn1. The molecule has 0 unspecified atom stereocenters. The Morgan fingerprint density at radius 3 is 2.19 bits per heavy atom. The lowest BCUT2D eigenvalue weighted by Crippen LogP contribution is -2.02. The topological polar surface area (TPSA) is 37.8 Å². The van der Waals surface area contributed by atoms with Crippen molar-refractivity contribution in [3.63, 3.8) is 0 Å². The van der Waals surface area contributed by atoms with Crippen LogP contribution in [0.3, 0.4) is 0 Å². The molecule has 3 aromatic rings. The first-order valence-electron chi connectivity index (χ1n) is 7.00. The van der Waals surface area contributed by atoms with Crippen molar-refractivity contribution in [3.05, 3.63) is 78.0 Å². The zero-order valence-corrected chi connectivity index (χ0v) is 12.0. The highest BCUT2D eigenvalue weighted by Crippen LogP contribution is 2.25. The van der Waals surface area contributed by atoms with Crippen molar-refractivity contribution >= 4 is 5.82 Å². The maximum Gasteiger partial charge on any atom is 0.149 e. The van der Waals surface area contributed by atoms with Gasteiger partial charge in [0.15, 0.2) is 0 Å². The molecule has 0 amide bonds. The number of hydrogen-bond donors (Lipinski definition) is 1. The average molecular weight is 275 g/mol. The lowest BCUT2D eigenvalue weighted by Gasteiger charge is -2.10. The molecule has 0 saturated heterocycles. The van der Waals surface area contributed by atoms with Crippen LogP contribution in [0.1, 0.15) is 11.3 Å². The first-order valence-corrected chi connectivity index (χ1v) is 7.00. The van der Waals surface area contributed by atoms with E-state index in [-0.39, 0.29) is 0 Å². The first-order chi connectivity index (χ1) is 10.4. The molecule has 2 aromatic carbocycles. The van der Waals surface area contributed by atoms with E-state index in [2.05, 4.69) is 45.8 Å². The predicted octanol–water partition coefficient (Wildman–Crippen LogP) is 3.78. The van der Waals surface area contributed by atoms with Gasteiger partial charge in [-0.3, -0.25) is 0 Å². The van der Waals surface area contributed by atoms with E-state index < -0.39 is 0 Å². The Balaban J connectivity index is 2.04. The Bertz CT molecular complexity index is 709. The maximum absolute atomic E-state index is 4.41. The van der Waals surface area contributed by atoms with E-state index in [1.54, 1.807) is 0 Å². The van der Waals surface area contributed by atoms with Gasteiger partial charge in [-0.1, -0.05) is 60.7 Å². The number of aromatic nitrogens is 2. The Morgan fingerprint density at radius 1 is 0.857 bits per heavy atom. The van der Waals surface area contributed by atoms with Crippen LogP contribution >= 0.6 is 0 Å². The molecule has 0 saturated carbocycles. The predicted molar refractivity (Wildman–Crippen MR) is 86.3 cm³/mol. The summed E-state index contributed by atoms with van der Waals surface area (Å²) in [6, 6.07) is 22.7. The third kappa shape index (κ3) is 3.08. The minimum absolute atomic E-state index is 0.780. The molecule has 104 valence electrons. The molecule has 3 nitrogen and oxygen atoms in total. The molecule has 0 aliphatic rings. The largest absolute Gasteiger partial charge is 0.372 e. The summed E-state index contributed by atoms with van der Waals surface area (Å²) in [4.78, 5) is 0. The Morgan fingerprint density at radius 2 is 1.52 bits per heavy atom. The van der Waals surface area contributed by atoms with E-state index in [1.807, 2.05) is 43.4 Å². The van der Waals surface area contributed by atoms with E-state index in [4.69, 9.17) is 0 Å². The third-order valence-electron chi connectivity index (χ3n) is 3.43. The third-order valence-corrected chi connectivity index (χ3v) is 3.43. The molecule has 3 heteroatoms. The van der Waals surface area contributed by atoms with Gasteiger partial charge in [-0.2, -0.15) is 5.10 Å². The highest BCUT2D eigenvalue weighted by molar-refractivity contribution is 5.68. The van der Waals surface area contributed by atoms with Crippen LogP contribution in [-0.4, -0.2) is 17.2 Å². The van der Waals surface area contributed by atoms with E-state index in [0.29, 0.717) is 0 Å². The molecule has 1 N–H and O–H groups in total. The molecule has 0 bridgehead atoms. The molecule has 0 aliphatic carbocycles. The summed E-state index contributed by atoms with van der Waals surface area (Å²) in [7, 11) is 1.86. The number of nitrogens with zero attached hydrogens (tertiary/aromatic N) is 2. The molecule has 21 heavy (non-hydrogen) atoms. The van der Waals surface area contributed by atoms with Gasteiger partial charge in [-0.05, 0) is 17.2 Å². The highest BCUT2D eigenvalue weighted by atomic mass is 15.2. The normalized spacial score (nSPS) is 10.3. The minimum atomic E-state index is 0.780. The van der Waals surface area contributed by atoms with Crippen molar-refractivity contribution < 1.29 is 0 Å². The van der Waals surface area contributed by atoms with Crippen molar-refractivity contribution in [2.45, 2.75) is 6.42 Å². The van der Waals surface area contributed by atoms with Crippen LogP contribution in [0.2, 0.25) is 0 Å². The second-order valence-corrected chi connectivity index (χ2v) is 4.87. The van der Waals surface area contributed by atoms with Crippen molar-refractivity contribution in [1.29, 1.82) is 0 Å². The Kier molecular flexibility index (Phi) is 3.92. The number of benzene rings is 2. The maximum atomic E-state index is 4.41. The van der Waals surface area contributed by atoms with Gasteiger partial charge < -0.3 is 5.32 Å². The van der Waals surface area contributed by atoms with Gasteiger partial charge in [0.2, 0.25) is 0 Å². The van der Waals surface area contributed by atoms with E-state index in [9.17, 15) is 0 Å². The summed E-state index contributed by atoms with van der Waals surface area (Å²) in [6.07, 6.45) is 0.780. The molecule has 0 radical (unpaired) electrons. The summed E-state index contributed by atoms with van der Waals surface area (Å²) < 4.78 is 0. The average Bonchev–Trinajstić information content (AvgIpc) is 2.57. The fourth-order valence-corrected chi connectivity index (χ4v) is 2.33. The summed E-state index contributed by atoms with van der Waals surface area (Å²) in [6.45, 7) is 0. The van der Waals surface area contributed by atoms with Crippen LogP contribution in [0.4, 0.5) is 5.82 Å². The fourth-order valence-electron chi connectivity index (χ4n) is 2.33. The summed E-state index contributed by atoms with van der Waals surface area (Å²) >= 11 is 0. The van der Waals surface area contributed by atoms with Gasteiger partial charge in [-0.25, -0.2) is 0 Å². The van der Waals surface area contributed by atoms with Gasteiger partial charge in [0, 0.05) is 19.0 Å². The van der Waals surface area contributed by atoms with Crippen LogP contribution in [0.25, 0.3) is 11.1 Å². The molecule has 3 rings (SSSR count). The monoisotopic (exact) mass is 275 g/mol. The molecule has 0 fully saturated rings. The molecule has 0 spiro atoms. The molecule has 0 atom stereocenters. The minimum Gasteiger partial charge on any atom is -0.372 e. The Labute approximate surface area is 124 Å². The van der Waals surface area contributed by atoms with Gasteiger partial charge in [0.1, 0.15) is 5.82 Å². The summed E-state index contributed by atoms with van der Waals surface area (Å²) in [5, 5.41) is 11.7. The highest BCUT2D eigenvalue weighted by Gasteiger charge is 2.09. The van der Waals surface area contributed by atoms with Crippen LogP contribution in [0.5, 0.6) is 0 Å². The van der Waals surface area contributed by atoms with Crippen molar-refractivity contribution in [2.75, 3.05) is 12.4 Å². The van der Waals surface area contributed by atoms with Crippen molar-refractivity contribution in [2.24, 2.45) is 0 Å². The first kappa shape index (κ1) is 13.3. The fraction of sp³-hybridized carbons (Fsp3) is 0.111. The zero-order chi connectivity index (χ0) is 14.5. The summed E-state index contributed by atoms with van der Waals surface area (Å²) in [5.74, 6) is 0.783. The van der Waals surface area contributed by atoms with Crippen LogP contribution in [0.15, 0.2) is 66.7 Å². The smallest absolute Gasteiger partial charge is 0.149 e. The zero-order valence-electron chi connectivity index (χ0n) is 12.0. The quantitative estimate of drug-likeness (QED) is 0.787. The second kappa shape index (κ2) is 6.18. The van der Waals surface area contributed by atoms with E-state index in [1.165, 1.54) is 5.56 Å². The van der Waals surface area contributed by atoms with Crippen molar-refractivity contribution in [1.82, 2.24) is 10.2 Å². The second-order valence-electron chi connectivity index (χ2n) is 4.87.